The Balaban J connectivity index is 3.09. The minimum atomic E-state index is -0.656. The second-order valence-electron chi connectivity index (χ2n) is 4.15. The molecule has 0 heterocycles. The quantitative estimate of drug-likeness (QED) is 0.574. The summed E-state index contributed by atoms with van der Waals surface area (Å²) in [5.74, 6) is -0.818. The van der Waals surface area contributed by atoms with Crippen molar-refractivity contribution in [3.63, 3.8) is 0 Å². The number of hydrogen-bond acceptors (Lipinski definition) is 1. The summed E-state index contributed by atoms with van der Waals surface area (Å²) in [7, 11) is 0. The number of carbonyl (C=O) groups is 1. The van der Waals surface area contributed by atoms with Gasteiger partial charge in [0.25, 0.3) is 0 Å². The molecule has 84 valence electrons. The van der Waals surface area contributed by atoms with Crippen LogP contribution in [-0.2, 0) is 4.79 Å². The van der Waals surface area contributed by atoms with Crippen LogP contribution in [0.4, 0.5) is 0 Å². The van der Waals surface area contributed by atoms with E-state index in [0.29, 0.717) is 0 Å². The van der Waals surface area contributed by atoms with E-state index in [-0.39, 0.29) is 5.92 Å². The molecule has 0 radical (unpaired) electrons. The Bertz CT molecular complexity index is 143. The zero-order valence-electron chi connectivity index (χ0n) is 9.59. The Morgan fingerprint density at radius 1 is 1.07 bits per heavy atom. The fourth-order valence-corrected chi connectivity index (χ4v) is 1.53. The van der Waals surface area contributed by atoms with E-state index in [1.807, 2.05) is 0 Å². The molecule has 0 fully saturated rings. The first-order valence-corrected chi connectivity index (χ1v) is 5.91. The van der Waals surface area contributed by atoms with Crippen molar-refractivity contribution in [3.8, 4) is 0 Å². The fourth-order valence-electron chi connectivity index (χ4n) is 1.53. The summed E-state index contributed by atoms with van der Waals surface area (Å²) in [5, 5.41) is 8.65. The Morgan fingerprint density at radius 2 is 1.57 bits per heavy atom. The second-order valence-corrected chi connectivity index (χ2v) is 4.15. The second kappa shape index (κ2) is 9.04. The van der Waals surface area contributed by atoms with Crippen LogP contribution < -0.4 is 0 Å². The molecule has 0 saturated carbocycles. The molecule has 0 bridgehead atoms. The molecular formula is C12H24O2. The zero-order valence-corrected chi connectivity index (χ0v) is 9.59. The van der Waals surface area contributed by atoms with E-state index >= 15 is 0 Å². The maximum absolute atomic E-state index is 10.5. The molecular weight excluding hydrogens is 176 g/mol. The van der Waals surface area contributed by atoms with Crippen LogP contribution in [0, 0.1) is 5.92 Å². The lowest BCUT2D eigenvalue weighted by Crippen LogP contribution is -2.08. The Labute approximate surface area is 87.7 Å². The summed E-state index contributed by atoms with van der Waals surface area (Å²) in [6.45, 7) is 4.01. The van der Waals surface area contributed by atoms with Gasteiger partial charge in [-0.05, 0) is 6.42 Å². The predicted molar refractivity (Wildman–Crippen MR) is 59.4 cm³/mol. The molecule has 0 aromatic rings. The molecule has 1 N–H and O–H groups in total. The third kappa shape index (κ3) is 8.09. The van der Waals surface area contributed by atoms with E-state index in [2.05, 4.69) is 6.92 Å². The third-order valence-corrected chi connectivity index (χ3v) is 2.66. The average molecular weight is 200 g/mol. The topological polar surface area (TPSA) is 37.3 Å². The molecule has 0 rings (SSSR count). The van der Waals surface area contributed by atoms with Crippen molar-refractivity contribution in [2.75, 3.05) is 0 Å². The third-order valence-electron chi connectivity index (χ3n) is 2.66. The first-order valence-electron chi connectivity index (χ1n) is 5.91. The van der Waals surface area contributed by atoms with Gasteiger partial charge in [0.05, 0.1) is 5.92 Å². The van der Waals surface area contributed by atoms with Crippen LogP contribution in [0.2, 0.25) is 0 Å². The van der Waals surface area contributed by atoms with Crippen LogP contribution >= 0.6 is 0 Å². The normalized spacial score (nSPS) is 12.7. The molecule has 1 unspecified atom stereocenters. The van der Waals surface area contributed by atoms with Gasteiger partial charge in [-0.3, -0.25) is 4.79 Å². The predicted octanol–water partition coefficient (Wildman–Crippen LogP) is 3.85. The first-order chi connectivity index (χ1) is 6.68. The van der Waals surface area contributed by atoms with Crippen molar-refractivity contribution in [1.82, 2.24) is 0 Å². The molecule has 0 aliphatic rings. The highest BCUT2D eigenvalue weighted by molar-refractivity contribution is 5.69. The highest BCUT2D eigenvalue weighted by Crippen LogP contribution is 2.12. The van der Waals surface area contributed by atoms with Crippen molar-refractivity contribution in [2.24, 2.45) is 5.92 Å². The SMILES string of the molecule is CCCCCCCCCC(C)C(=O)O. The number of aliphatic carboxylic acids is 1. The fraction of sp³-hybridized carbons (Fsp3) is 0.917. The smallest absolute Gasteiger partial charge is 0.306 e. The summed E-state index contributed by atoms with van der Waals surface area (Å²) in [6, 6.07) is 0. The molecule has 2 nitrogen and oxygen atoms in total. The minimum Gasteiger partial charge on any atom is -0.481 e. The molecule has 0 saturated heterocycles. The summed E-state index contributed by atoms with van der Waals surface area (Å²) >= 11 is 0. The van der Waals surface area contributed by atoms with E-state index in [9.17, 15) is 4.79 Å². The lowest BCUT2D eigenvalue weighted by atomic mass is 10.0. The van der Waals surface area contributed by atoms with Gasteiger partial charge in [-0.25, -0.2) is 0 Å². The molecule has 2 heteroatoms. The number of hydrogen-bond donors (Lipinski definition) is 1. The lowest BCUT2D eigenvalue weighted by molar-refractivity contribution is -0.141. The summed E-state index contributed by atoms with van der Waals surface area (Å²) in [5.41, 5.74) is 0. The highest BCUT2D eigenvalue weighted by atomic mass is 16.4. The van der Waals surface area contributed by atoms with Gasteiger partial charge in [0.1, 0.15) is 0 Å². The van der Waals surface area contributed by atoms with Gasteiger partial charge in [-0.1, -0.05) is 58.8 Å². The Morgan fingerprint density at radius 3 is 2.07 bits per heavy atom. The van der Waals surface area contributed by atoms with Crippen LogP contribution in [0.25, 0.3) is 0 Å². The number of carboxylic acid groups (broad SMARTS) is 1. The molecule has 0 aliphatic carbocycles. The molecule has 0 aliphatic heterocycles. The van der Waals surface area contributed by atoms with E-state index in [1.165, 1.54) is 38.5 Å². The van der Waals surface area contributed by atoms with Crippen molar-refractivity contribution < 1.29 is 9.90 Å². The van der Waals surface area contributed by atoms with Crippen LogP contribution in [0.5, 0.6) is 0 Å². The maximum Gasteiger partial charge on any atom is 0.306 e. The minimum absolute atomic E-state index is 0.161. The molecule has 14 heavy (non-hydrogen) atoms. The molecule has 0 aromatic carbocycles. The molecule has 1 atom stereocenters. The van der Waals surface area contributed by atoms with Gasteiger partial charge >= 0.3 is 5.97 Å². The standard InChI is InChI=1S/C12H24O2/c1-3-4-5-6-7-8-9-10-11(2)12(13)14/h11H,3-10H2,1-2H3,(H,13,14). The Hall–Kier alpha value is -0.530. The van der Waals surface area contributed by atoms with E-state index in [1.54, 1.807) is 6.92 Å². The van der Waals surface area contributed by atoms with Crippen LogP contribution in [0.3, 0.4) is 0 Å². The van der Waals surface area contributed by atoms with Gasteiger partial charge < -0.3 is 5.11 Å². The monoisotopic (exact) mass is 200 g/mol. The molecule has 0 spiro atoms. The van der Waals surface area contributed by atoms with Crippen molar-refractivity contribution in [3.05, 3.63) is 0 Å². The first kappa shape index (κ1) is 13.5. The van der Waals surface area contributed by atoms with Crippen molar-refractivity contribution in [2.45, 2.75) is 65.2 Å². The van der Waals surface area contributed by atoms with E-state index < -0.39 is 5.97 Å². The van der Waals surface area contributed by atoms with Crippen molar-refractivity contribution in [1.29, 1.82) is 0 Å². The van der Waals surface area contributed by atoms with Gasteiger partial charge in [0.2, 0.25) is 0 Å². The number of unbranched alkanes of at least 4 members (excludes halogenated alkanes) is 6. The van der Waals surface area contributed by atoms with Gasteiger partial charge in [-0.2, -0.15) is 0 Å². The van der Waals surface area contributed by atoms with Crippen molar-refractivity contribution >= 4 is 5.97 Å². The molecule has 0 aromatic heterocycles. The lowest BCUT2D eigenvalue weighted by Gasteiger charge is -2.05. The number of carboxylic acids is 1. The Kier molecular flexibility index (Phi) is 8.70. The van der Waals surface area contributed by atoms with Crippen LogP contribution in [0.1, 0.15) is 65.2 Å². The highest BCUT2D eigenvalue weighted by Gasteiger charge is 2.09. The summed E-state index contributed by atoms with van der Waals surface area (Å²) in [4.78, 5) is 10.5. The van der Waals surface area contributed by atoms with Crippen LogP contribution in [0.15, 0.2) is 0 Å². The average Bonchev–Trinajstić information content (AvgIpc) is 2.16. The zero-order chi connectivity index (χ0) is 10.8. The van der Waals surface area contributed by atoms with Gasteiger partial charge in [0, 0.05) is 0 Å². The summed E-state index contributed by atoms with van der Waals surface area (Å²) < 4.78 is 0. The van der Waals surface area contributed by atoms with E-state index in [4.69, 9.17) is 5.11 Å². The van der Waals surface area contributed by atoms with E-state index in [0.717, 1.165) is 12.8 Å². The van der Waals surface area contributed by atoms with Gasteiger partial charge in [-0.15, -0.1) is 0 Å². The molecule has 0 amide bonds. The summed E-state index contributed by atoms with van der Waals surface area (Å²) in [6.07, 6.45) is 9.65. The van der Waals surface area contributed by atoms with Crippen LogP contribution in [-0.4, -0.2) is 11.1 Å². The van der Waals surface area contributed by atoms with Gasteiger partial charge in [0.15, 0.2) is 0 Å². The number of rotatable bonds is 9. The maximum atomic E-state index is 10.5. The largest absolute Gasteiger partial charge is 0.481 e.